The van der Waals surface area contributed by atoms with Crippen molar-refractivity contribution in [1.29, 1.82) is 0 Å². The summed E-state index contributed by atoms with van der Waals surface area (Å²) < 4.78 is 22.0. The molecule has 0 radical (unpaired) electrons. The minimum Gasteiger partial charge on any atom is -0.490 e. The third-order valence-electron chi connectivity index (χ3n) is 4.99. The molecule has 0 spiro atoms. The first-order chi connectivity index (χ1) is 15.5. The van der Waals surface area contributed by atoms with E-state index in [-0.39, 0.29) is 19.1 Å². The van der Waals surface area contributed by atoms with Gasteiger partial charge in [0, 0.05) is 19.3 Å². The van der Waals surface area contributed by atoms with E-state index in [1.807, 2.05) is 32.0 Å². The first-order valence-electron chi connectivity index (χ1n) is 10.8. The molecule has 1 aromatic carbocycles. The van der Waals surface area contributed by atoms with Crippen LogP contribution in [0.4, 0.5) is 0 Å². The third kappa shape index (κ3) is 5.27. The normalized spacial score (nSPS) is 18.2. The first-order valence-corrected chi connectivity index (χ1v) is 11.8. The zero-order valence-corrected chi connectivity index (χ0v) is 19.8. The highest BCUT2D eigenvalue weighted by Gasteiger charge is 2.42. The molecule has 0 aromatic heterocycles. The lowest BCUT2D eigenvalue weighted by atomic mass is 9.93. The number of ether oxygens (including phenoxy) is 4. The average molecular weight is 463 g/mol. The highest BCUT2D eigenvalue weighted by molar-refractivity contribution is 8.14. The van der Waals surface area contributed by atoms with Crippen molar-refractivity contribution in [1.82, 2.24) is 4.90 Å². The molecule has 0 unspecified atom stereocenters. The van der Waals surface area contributed by atoms with Gasteiger partial charge in [0.25, 0.3) is 0 Å². The summed E-state index contributed by atoms with van der Waals surface area (Å²) in [6.45, 7) is 7.13. The summed E-state index contributed by atoms with van der Waals surface area (Å²) in [6, 6.07) is 4.87. The topological polar surface area (TPSA) is 86.7 Å². The summed E-state index contributed by atoms with van der Waals surface area (Å²) in [7, 11) is 1.54. The van der Waals surface area contributed by atoms with Gasteiger partial charge in [0.2, 0.25) is 5.91 Å². The second kappa shape index (κ2) is 11.4. The SMILES string of the molecule is CCCOc1ccc([C@H]2C(C(=O)OCCOC)=C(C)N=C3SCCC(=O)N32)cc1OCC. The molecule has 1 aromatic rings. The minimum absolute atomic E-state index is 0.0774. The summed E-state index contributed by atoms with van der Waals surface area (Å²) in [5.74, 6) is 1.28. The molecule has 0 saturated carbocycles. The molecule has 0 N–H and O–H groups in total. The molecule has 3 rings (SSSR count). The van der Waals surface area contributed by atoms with E-state index in [0.29, 0.717) is 53.3 Å². The molecule has 1 fully saturated rings. The Labute approximate surface area is 192 Å². The summed E-state index contributed by atoms with van der Waals surface area (Å²) in [6.07, 6.45) is 1.25. The van der Waals surface area contributed by atoms with Crippen molar-refractivity contribution in [2.45, 2.75) is 39.7 Å². The van der Waals surface area contributed by atoms with Crippen LogP contribution in [0.3, 0.4) is 0 Å². The lowest BCUT2D eigenvalue weighted by Crippen LogP contribution is -2.45. The number of aliphatic imine (C=N–C) groups is 1. The van der Waals surface area contributed by atoms with E-state index < -0.39 is 12.0 Å². The zero-order chi connectivity index (χ0) is 23.1. The number of carbonyl (C=O) groups excluding carboxylic acids is 2. The number of methoxy groups -OCH3 is 1. The lowest BCUT2D eigenvalue weighted by Gasteiger charge is -2.39. The molecule has 2 aliphatic rings. The number of amides is 1. The molecule has 0 bridgehead atoms. The average Bonchev–Trinajstić information content (AvgIpc) is 2.77. The summed E-state index contributed by atoms with van der Waals surface area (Å²) >= 11 is 1.51. The number of fused-ring (bicyclic) bond motifs is 1. The highest BCUT2D eigenvalue weighted by atomic mass is 32.2. The van der Waals surface area contributed by atoms with Crippen LogP contribution >= 0.6 is 11.8 Å². The largest absolute Gasteiger partial charge is 0.490 e. The van der Waals surface area contributed by atoms with Crippen molar-refractivity contribution in [2.24, 2.45) is 4.99 Å². The van der Waals surface area contributed by atoms with Crippen LogP contribution in [-0.4, -0.2) is 61.2 Å². The number of hydrogen-bond acceptors (Lipinski definition) is 8. The molecule has 8 nitrogen and oxygen atoms in total. The number of thioether (sulfide) groups is 1. The Kier molecular flexibility index (Phi) is 8.58. The number of benzene rings is 1. The van der Waals surface area contributed by atoms with Crippen LogP contribution in [-0.2, 0) is 19.1 Å². The fourth-order valence-corrected chi connectivity index (χ4v) is 4.57. The fourth-order valence-electron chi connectivity index (χ4n) is 3.56. The molecule has 1 atom stereocenters. The maximum Gasteiger partial charge on any atom is 0.338 e. The monoisotopic (exact) mass is 462 g/mol. The molecule has 1 amide bonds. The number of esters is 1. The predicted molar refractivity (Wildman–Crippen MR) is 123 cm³/mol. The van der Waals surface area contributed by atoms with E-state index in [4.69, 9.17) is 18.9 Å². The van der Waals surface area contributed by atoms with Crippen molar-refractivity contribution in [3.05, 3.63) is 35.0 Å². The molecule has 1 saturated heterocycles. The molecular weight excluding hydrogens is 432 g/mol. The van der Waals surface area contributed by atoms with E-state index in [0.717, 1.165) is 12.0 Å². The minimum atomic E-state index is -0.655. The second-order valence-electron chi connectivity index (χ2n) is 7.27. The Morgan fingerprint density at radius 3 is 2.72 bits per heavy atom. The Hall–Kier alpha value is -2.52. The van der Waals surface area contributed by atoms with Gasteiger partial charge in [-0.05, 0) is 38.0 Å². The summed E-state index contributed by atoms with van der Waals surface area (Å²) in [5, 5.41) is 0.599. The van der Waals surface area contributed by atoms with E-state index in [1.165, 1.54) is 11.8 Å². The summed E-state index contributed by atoms with van der Waals surface area (Å²) in [5.41, 5.74) is 1.61. The van der Waals surface area contributed by atoms with Crippen LogP contribution in [0.2, 0.25) is 0 Å². The molecule has 0 aliphatic carbocycles. The van der Waals surface area contributed by atoms with Gasteiger partial charge >= 0.3 is 5.97 Å². The van der Waals surface area contributed by atoms with Crippen LogP contribution in [0.1, 0.15) is 45.2 Å². The number of hydrogen-bond donors (Lipinski definition) is 0. The van der Waals surface area contributed by atoms with Gasteiger partial charge in [-0.15, -0.1) is 0 Å². The van der Waals surface area contributed by atoms with E-state index in [1.54, 1.807) is 18.9 Å². The molecule has 2 heterocycles. The van der Waals surface area contributed by atoms with Gasteiger partial charge in [0.15, 0.2) is 16.7 Å². The van der Waals surface area contributed by atoms with Crippen LogP contribution in [0, 0.1) is 0 Å². The predicted octanol–water partition coefficient (Wildman–Crippen LogP) is 3.71. The molecule has 32 heavy (non-hydrogen) atoms. The fraction of sp³-hybridized carbons (Fsp3) is 0.522. The van der Waals surface area contributed by atoms with Gasteiger partial charge in [-0.25, -0.2) is 9.79 Å². The molecule has 174 valence electrons. The van der Waals surface area contributed by atoms with Gasteiger partial charge < -0.3 is 18.9 Å². The Balaban J connectivity index is 2.06. The zero-order valence-electron chi connectivity index (χ0n) is 19.0. The van der Waals surface area contributed by atoms with Gasteiger partial charge in [-0.2, -0.15) is 0 Å². The quantitative estimate of drug-likeness (QED) is 0.387. The number of allylic oxidation sites excluding steroid dienone is 1. The van der Waals surface area contributed by atoms with Crippen molar-refractivity contribution in [3.63, 3.8) is 0 Å². The number of nitrogens with zero attached hydrogens (tertiary/aromatic N) is 2. The summed E-state index contributed by atoms with van der Waals surface area (Å²) in [4.78, 5) is 32.2. The van der Waals surface area contributed by atoms with Crippen molar-refractivity contribution in [3.8, 4) is 11.5 Å². The van der Waals surface area contributed by atoms with Crippen LogP contribution < -0.4 is 9.47 Å². The van der Waals surface area contributed by atoms with E-state index in [9.17, 15) is 9.59 Å². The van der Waals surface area contributed by atoms with Crippen molar-refractivity contribution >= 4 is 28.8 Å². The van der Waals surface area contributed by atoms with Crippen LogP contribution in [0.15, 0.2) is 34.5 Å². The Morgan fingerprint density at radius 2 is 2.00 bits per heavy atom. The van der Waals surface area contributed by atoms with Crippen LogP contribution in [0.5, 0.6) is 11.5 Å². The third-order valence-corrected chi connectivity index (χ3v) is 5.95. The highest BCUT2D eigenvalue weighted by Crippen LogP contribution is 2.42. The maximum atomic E-state index is 13.1. The van der Waals surface area contributed by atoms with Crippen molar-refractivity contribution in [2.75, 3.05) is 39.3 Å². The van der Waals surface area contributed by atoms with Gasteiger partial charge in [-0.3, -0.25) is 9.69 Å². The van der Waals surface area contributed by atoms with Crippen molar-refractivity contribution < 1.29 is 28.5 Å². The standard InChI is InChI=1S/C23H30N2O6S/c1-5-10-30-17-8-7-16(14-18(17)29-6-2)21-20(22(27)31-12-11-28-4)15(3)24-23-25(21)19(26)9-13-32-23/h7-8,14,21H,5-6,9-13H2,1-4H3/t21-/m0/s1. The molecule has 2 aliphatic heterocycles. The smallest absolute Gasteiger partial charge is 0.338 e. The van der Waals surface area contributed by atoms with Crippen LogP contribution in [0.25, 0.3) is 0 Å². The Morgan fingerprint density at radius 1 is 1.19 bits per heavy atom. The number of amidine groups is 1. The first kappa shape index (κ1) is 24.1. The van der Waals surface area contributed by atoms with E-state index in [2.05, 4.69) is 4.99 Å². The lowest BCUT2D eigenvalue weighted by molar-refractivity contribution is -0.141. The van der Waals surface area contributed by atoms with Gasteiger partial charge in [0.1, 0.15) is 6.61 Å². The molecular formula is C23H30N2O6S. The second-order valence-corrected chi connectivity index (χ2v) is 8.34. The maximum absolute atomic E-state index is 13.1. The number of rotatable bonds is 10. The number of carbonyl (C=O) groups is 2. The van der Waals surface area contributed by atoms with Gasteiger partial charge in [-0.1, -0.05) is 24.8 Å². The Bertz CT molecular complexity index is 914. The van der Waals surface area contributed by atoms with Gasteiger partial charge in [0.05, 0.1) is 37.1 Å². The van der Waals surface area contributed by atoms with E-state index >= 15 is 0 Å². The molecule has 9 heteroatoms.